The predicted molar refractivity (Wildman–Crippen MR) is 138 cm³/mol. The zero-order chi connectivity index (χ0) is 25.2. The fourth-order valence-corrected chi connectivity index (χ4v) is 12.1. The summed E-state index contributed by atoms with van der Waals surface area (Å²) in [6.07, 6.45) is 11.3. The molecule has 5 saturated carbocycles. The molecule has 0 aromatic heterocycles. The molecule has 0 amide bonds. The molecule has 35 heavy (non-hydrogen) atoms. The van der Waals surface area contributed by atoms with Crippen LogP contribution in [0.4, 0.5) is 0 Å². The number of ether oxygens (including phenoxy) is 1. The molecule has 0 N–H and O–H groups in total. The number of carbonyl (C=O) groups excluding carboxylic acids is 1. The fourth-order valence-electron chi connectivity index (χ4n) is 12.1. The predicted octanol–water partition coefficient (Wildman–Crippen LogP) is 7.73. The van der Waals surface area contributed by atoms with Gasteiger partial charge in [0.2, 0.25) is 0 Å². The number of azide groups is 1. The van der Waals surface area contributed by atoms with Crippen molar-refractivity contribution in [2.24, 2.45) is 61.3 Å². The largest absolute Gasteiger partial charge is 0.377 e. The van der Waals surface area contributed by atoms with E-state index in [2.05, 4.69) is 58.5 Å². The molecule has 1 heterocycles. The second kappa shape index (κ2) is 7.07. The van der Waals surface area contributed by atoms with Gasteiger partial charge in [-0.05, 0) is 114 Å². The molecule has 5 heteroatoms. The molecule has 0 spiro atoms. The highest BCUT2D eigenvalue weighted by atomic mass is 16.5. The highest BCUT2D eigenvalue weighted by Crippen LogP contribution is 2.77. The van der Waals surface area contributed by atoms with Crippen LogP contribution >= 0.6 is 0 Å². The summed E-state index contributed by atoms with van der Waals surface area (Å²) in [5, 5.41) is 4.07. The molecule has 0 aromatic rings. The van der Waals surface area contributed by atoms with Crippen LogP contribution in [0.25, 0.3) is 10.4 Å². The van der Waals surface area contributed by atoms with Crippen LogP contribution in [0.1, 0.15) is 106 Å². The SMILES string of the molecule is CC1(C)CC[C@]23CC[C@]4(C)[C@H](CC[C@@H]5[C@@]6(C)CC(N=[N+]=[N-])C(=O)C(C)(C)[C@@H]6CC[C@]54C)[C@H]2[C@@H]1OC3. The van der Waals surface area contributed by atoms with Gasteiger partial charge in [0.15, 0.2) is 0 Å². The first-order chi connectivity index (χ1) is 16.3. The first-order valence-corrected chi connectivity index (χ1v) is 14.5. The molecule has 0 radical (unpaired) electrons. The number of hydrogen-bond donors (Lipinski definition) is 0. The average molecular weight is 482 g/mol. The molecule has 0 aromatic carbocycles. The molecule has 6 rings (SSSR count). The summed E-state index contributed by atoms with van der Waals surface area (Å²) in [6.45, 7) is 17.9. The molecule has 1 unspecified atom stereocenters. The zero-order valence-corrected chi connectivity index (χ0v) is 23.2. The van der Waals surface area contributed by atoms with Crippen LogP contribution in [0.5, 0.6) is 0 Å². The van der Waals surface area contributed by atoms with Crippen LogP contribution in [-0.2, 0) is 9.53 Å². The zero-order valence-electron chi connectivity index (χ0n) is 23.2. The number of rotatable bonds is 1. The number of ketones is 1. The number of hydrogen-bond acceptors (Lipinski definition) is 3. The Kier molecular flexibility index (Phi) is 4.91. The van der Waals surface area contributed by atoms with Crippen molar-refractivity contribution in [2.45, 2.75) is 118 Å². The number of carbonyl (C=O) groups is 1. The molecule has 1 saturated heterocycles. The van der Waals surface area contributed by atoms with E-state index in [0.717, 1.165) is 25.4 Å². The maximum absolute atomic E-state index is 13.4. The van der Waals surface area contributed by atoms with Gasteiger partial charge in [-0.2, -0.15) is 0 Å². The Morgan fingerprint density at radius 1 is 0.886 bits per heavy atom. The number of fused-ring (bicyclic) bond motifs is 5. The van der Waals surface area contributed by atoms with Crippen molar-refractivity contribution in [3.8, 4) is 0 Å². The summed E-state index contributed by atoms with van der Waals surface area (Å²) in [5.41, 5.74) is 10.1. The highest BCUT2D eigenvalue weighted by Gasteiger charge is 2.73. The van der Waals surface area contributed by atoms with Gasteiger partial charge < -0.3 is 4.74 Å². The summed E-state index contributed by atoms with van der Waals surface area (Å²) < 4.78 is 6.69. The monoisotopic (exact) mass is 481 g/mol. The highest BCUT2D eigenvalue weighted by molar-refractivity contribution is 5.90. The topological polar surface area (TPSA) is 75.1 Å². The third-order valence-corrected chi connectivity index (χ3v) is 14.0. The van der Waals surface area contributed by atoms with Gasteiger partial charge in [-0.25, -0.2) is 0 Å². The van der Waals surface area contributed by atoms with E-state index in [1.807, 2.05) is 0 Å². The van der Waals surface area contributed by atoms with Gasteiger partial charge in [-0.15, -0.1) is 0 Å². The first kappa shape index (κ1) is 24.3. The van der Waals surface area contributed by atoms with E-state index >= 15 is 0 Å². The maximum Gasteiger partial charge on any atom is 0.147 e. The second-order valence-corrected chi connectivity index (χ2v) is 15.8. The molecule has 1 aliphatic heterocycles. The molecule has 6 fully saturated rings. The smallest absolute Gasteiger partial charge is 0.147 e. The molecule has 5 aliphatic carbocycles. The molecular weight excluding hydrogens is 434 g/mol. The third kappa shape index (κ3) is 2.76. The number of Topliss-reactive ketones (excluding diaryl/α,β-unsaturated/α-hetero) is 1. The molecule has 194 valence electrons. The van der Waals surface area contributed by atoms with Gasteiger partial charge in [0, 0.05) is 10.3 Å². The summed E-state index contributed by atoms with van der Waals surface area (Å²) in [5.74, 6) is 2.54. The molecule has 10 atom stereocenters. The van der Waals surface area contributed by atoms with Crippen LogP contribution in [0.15, 0.2) is 5.11 Å². The number of nitrogens with zero attached hydrogens (tertiary/aromatic N) is 3. The van der Waals surface area contributed by atoms with Crippen molar-refractivity contribution in [3.63, 3.8) is 0 Å². The Balaban J connectivity index is 1.41. The third-order valence-electron chi connectivity index (χ3n) is 14.0. The quantitative estimate of drug-likeness (QED) is 0.218. The minimum absolute atomic E-state index is 0.0354. The maximum atomic E-state index is 13.4. The van der Waals surface area contributed by atoms with Crippen molar-refractivity contribution in [3.05, 3.63) is 10.4 Å². The summed E-state index contributed by atoms with van der Waals surface area (Å²) in [4.78, 5) is 16.5. The van der Waals surface area contributed by atoms with Gasteiger partial charge in [-0.3, -0.25) is 4.79 Å². The molecule has 6 aliphatic rings. The van der Waals surface area contributed by atoms with Crippen molar-refractivity contribution in [1.29, 1.82) is 0 Å². The van der Waals surface area contributed by atoms with E-state index < -0.39 is 11.5 Å². The van der Waals surface area contributed by atoms with Crippen LogP contribution < -0.4 is 0 Å². The standard InChI is InChI=1S/C30H47N3O2/c1-25(2)12-14-30-15-13-28(6)18(22(30)24(25)35-17-30)8-9-21-27(5)16-19(32-33-31)23(34)26(3,4)20(27)10-11-29(21,28)7/h18-22,24H,8-17H2,1-7H3/t18-,19?,20+,21-,22+,24+,27+,28-,29-,30-/m1/s1. The lowest BCUT2D eigenvalue weighted by Gasteiger charge is -2.73. The Hall–Kier alpha value is -1.06. The summed E-state index contributed by atoms with van der Waals surface area (Å²) in [6, 6.07) is -0.512. The Labute approximate surface area is 212 Å². The van der Waals surface area contributed by atoms with Gasteiger partial charge in [0.25, 0.3) is 0 Å². The molecule has 2 bridgehead atoms. The Bertz CT molecular complexity index is 1000. The summed E-state index contributed by atoms with van der Waals surface area (Å²) in [7, 11) is 0. The van der Waals surface area contributed by atoms with Crippen LogP contribution in [0, 0.1) is 56.2 Å². The molecular formula is C30H47N3O2. The summed E-state index contributed by atoms with van der Waals surface area (Å²) >= 11 is 0. The Morgan fingerprint density at radius 3 is 2.31 bits per heavy atom. The lowest BCUT2D eigenvalue weighted by Crippen LogP contribution is -2.68. The van der Waals surface area contributed by atoms with Gasteiger partial charge >= 0.3 is 0 Å². The average Bonchev–Trinajstić information content (AvgIpc) is 3.12. The Morgan fingerprint density at radius 2 is 1.60 bits per heavy atom. The van der Waals surface area contributed by atoms with E-state index in [0.29, 0.717) is 34.7 Å². The minimum Gasteiger partial charge on any atom is -0.377 e. The van der Waals surface area contributed by atoms with Crippen molar-refractivity contribution in [2.75, 3.05) is 6.61 Å². The molecule has 5 nitrogen and oxygen atoms in total. The lowest BCUT2D eigenvalue weighted by atomic mass is 9.31. The van der Waals surface area contributed by atoms with Crippen molar-refractivity contribution in [1.82, 2.24) is 0 Å². The van der Waals surface area contributed by atoms with Gasteiger partial charge in [-0.1, -0.05) is 53.6 Å². The van der Waals surface area contributed by atoms with Crippen LogP contribution in [0.3, 0.4) is 0 Å². The van der Waals surface area contributed by atoms with E-state index in [1.54, 1.807) is 0 Å². The van der Waals surface area contributed by atoms with E-state index in [9.17, 15) is 10.3 Å². The van der Waals surface area contributed by atoms with E-state index in [-0.39, 0.29) is 22.0 Å². The van der Waals surface area contributed by atoms with E-state index in [4.69, 9.17) is 4.74 Å². The van der Waals surface area contributed by atoms with Gasteiger partial charge in [0.05, 0.1) is 18.8 Å². The van der Waals surface area contributed by atoms with Crippen LogP contribution in [-0.4, -0.2) is 24.5 Å². The van der Waals surface area contributed by atoms with E-state index in [1.165, 1.54) is 44.9 Å². The first-order valence-electron chi connectivity index (χ1n) is 14.5. The normalized spacial score (nSPS) is 55.6. The minimum atomic E-state index is -0.512. The van der Waals surface area contributed by atoms with Crippen molar-refractivity contribution < 1.29 is 9.53 Å². The lowest BCUT2D eigenvalue weighted by molar-refractivity contribution is -0.240. The van der Waals surface area contributed by atoms with Crippen LogP contribution in [0.2, 0.25) is 0 Å². The second-order valence-electron chi connectivity index (χ2n) is 15.8. The van der Waals surface area contributed by atoms with Gasteiger partial charge in [0.1, 0.15) is 5.78 Å². The van der Waals surface area contributed by atoms with Crippen molar-refractivity contribution >= 4 is 5.78 Å². The fraction of sp³-hybridized carbons (Fsp3) is 0.967.